The summed E-state index contributed by atoms with van der Waals surface area (Å²) < 4.78 is 39.5. The van der Waals surface area contributed by atoms with Gasteiger partial charge in [0.1, 0.15) is 23.2 Å². The number of anilines is 1. The van der Waals surface area contributed by atoms with Crippen molar-refractivity contribution in [2.75, 3.05) is 19.8 Å². The second kappa shape index (κ2) is 8.48. The van der Waals surface area contributed by atoms with Crippen molar-refractivity contribution in [1.82, 2.24) is 14.9 Å². The van der Waals surface area contributed by atoms with Gasteiger partial charge in [-0.1, -0.05) is 12.8 Å². The van der Waals surface area contributed by atoms with Gasteiger partial charge in [-0.05, 0) is 51.6 Å². The van der Waals surface area contributed by atoms with Crippen molar-refractivity contribution in [3.63, 3.8) is 0 Å². The molecular formula is C21H24F3N5O. The molecular weight excluding hydrogens is 395 g/mol. The monoisotopic (exact) mass is 419 g/mol. The van der Waals surface area contributed by atoms with E-state index in [1.54, 1.807) is 0 Å². The molecule has 3 N–H and O–H groups in total. The van der Waals surface area contributed by atoms with E-state index in [0.717, 1.165) is 50.3 Å². The predicted molar refractivity (Wildman–Crippen MR) is 107 cm³/mol. The number of alkyl halides is 3. The molecule has 6 nitrogen and oxygen atoms in total. The van der Waals surface area contributed by atoms with Crippen LogP contribution in [0.1, 0.15) is 54.8 Å². The van der Waals surface area contributed by atoms with Crippen LogP contribution in [0, 0.1) is 11.3 Å². The molecule has 0 radical (unpaired) electrons. The van der Waals surface area contributed by atoms with Crippen molar-refractivity contribution in [1.29, 1.82) is 5.26 Å². The van der Waals surface area contributed by atoms with Crippen molar-refractivity contribution in [3.8, 4) is 23.2 Å². The average molecular weight is 419 g/mol. The van der Waals surface area contributed by atoms with Crippen LogP contribution in [0.5, 0.6) is 5.75 Å². The molecule has 0 aliphatic heterocycles. The summed E-state index contributed by atoms with van der Waals surface area (Å²) in [5.74, 6) is -0.674. The number of hydrogen-bond donors (Lipinski definition) is 2. The highest BCUT2D eigenvalue weighted by Gasteiger charge is 2.32. The van der Waals surface area contributed by atoms with E-state index in [-0.39, 0.29) is 34.4 Å². The highest BCUT2D eigenvalue weighted by atomic mass is 19.4. The fourth-order valence-electron chi connectivity index (χ4n) is 3.97. The summed E-state index contributed by atoms with van der Waals surface area (Å²) >= 11 is 0. The van der Waals surface area contributed by atoms with Gasteiger partial charge in [0.05, 0.1) is 16.8 Å². The molecule has 1 aromatic heterocycles. The Morgan fingerprint density at radius 1 is 1.20 bits per heavy atom. The first-order chi connectivity index (χ1) is 14.1. The molecule has 1 aliphatic carbocycles. The Balaban J connectivity index is 2.12. The summed E-state index contributed by atoms with van der Waals surface area (Å²) in [7, 11) is 4.00. The second-order valence-electron chi connectivity index (χ2n) is 7.87. The number of nitrogens with zero attached hydrogens (tertiary/aromatic N) is 4. The lowest BCUT2D eigenvalue weighted by Crippen LogP contribution is -2.29. The molecule has 2 unspecified atom stereocenters. The van der Waals surface area contributed by atoms with Gasteiger partial charge in [0.15, 0.2) is 5.82 Å². The molecule has 30 heavy (non-hydrogen) atoms. The van der Waals surface area contributed by atoms with Crippen LogP contribution in [0.25, 0.3) is 11.4 Å². The van der Waals surface area contributed by atoms with Crippen LogP contribution in [0.2, 0.25) is 0 Å². The van der Waals surface area contributed by atoms with Crippen LogP contribution in [-0.2, 0) is 6.18 Å². The molecule has 0 spiro atoms. The first kappa shape index (κ1) is 21.8. The molecule has 2 atom stereocenters. The summed E-state index contributed by atoms with van der Waals surface area (Å²) in [4.78, 5) is 10.6. The molecule has 1 aromatic carbocycles. The average Bonchev–Trinajstić information content (AvgIpc) is 2.93. The SMILES string of the molecule is CN(C)C1CCCCC(c2nc(-c3cc(C(F)(F)F)ccc3O)nc(N)c2C#N)C1. The van der Waals surface area contributed by atoms with Gasteiger partial charge in [-0.15, -0.1) is 0 Å². The number of phenols is 1. The number of nitrogen functional groups attached to an aromatic ring is 1. The lowest BCUT2D eigenvalue weighted by atomic mass is 9.91. The highest BCUT2D eigenvalue weighted by Crippen LogP contribution is 2.39. The maximum absolute atomic E-state index is 13.2. The number of rotatable bonds is 3. The minimum absolute atomic E-state index is 0.0773. The third-order valence-corrected chi connectivity index (χ3v) is 5.66. The first-order valence-corrected chi connectivity index (χ1v) is 9.76. The Morgan fingerprint density at radius 2 is 1.90 bits per heavy atom. The van der Waals surface area contributed by atoms with Gasteiger partial charge in [-0.2, -0.15) is 18.4 Å². The minimum Gasteiger partial charge on any atom is -0.507 e. The Labute approximate surface area is 173 Å². The van der Waals surface area contributed by atoms with Crippen LogP contribution >= 0.6 is 0 Å². The van der Waals surface area contributed by atoms with Crippen molar-refractivity contribution in [3.05, 3.63) is 35.0 Å². The van der Waals surface area contributed by atoms with E-state index in [2.05, 4.69) is 14.9 Å². The number of phenolic OH excluding ortho intramolecular Hbond substituents is 1. The van der Waals surface area contributed by atoms with Crippen molar-refractivity contribution < 1.29 is 18.3 Å². The molecule has 9 heteroatoms. The number of nitriles is 1. The molecule has 0 saturated heterocycles. The summed E-state index contributed by atoms with van der Waals surface area (Å²) in [5.41, 5.74) is 5.49. The topological polar surface area (TPSA) is 99.1 Å². The van der Waals surface area contributed by atoms with E-state index in [1.807, 2.05) is 20.2 Å². The summed E-state index contributed by atoms with van der Waals surface area (Å²) in [5, 5.41) is 19.8. The van der Waals surface area contributed by atoms with Gasteiger partial charge < -0.3 is 15.7 Å². The van der Waals surface area contributed by atoms with Gasteiger partial charge in [0.2, 0.25) is 0 Å². The highest BCUT2D eigenvalue weighted by molar-refractivity contribution is 5.68. The molecule has 2 aromatic rings. The van der Waals surface area contributed by atoms with Gasteiger partial charge in [-0.3, -0.25) is 0 Å². The predicted octanol–water partition coefficient (Wildman–Crippen LogP) is 4.30. The van der Waals surface area contributed by atoms with Gasteiger partial charge in [0, 0.05) is 12.0 Å². The van der Waals surface area contributed by atoms with Crippen LogP contribution in [0.4, 0.5) is 19.0 Å². The van der Waals surface area contributed by atoms with E-state index in [0.29, 0.717) is 11.7 Å². The largest absolute Gasteiger partial charge is 0.507 e. The summed E-state index contributed by atoms with van der Waals surface area (Å²) in [6.45, 7) is 0. The quantitative estimate of drug-likeness (QED) is 0.720. The van der Waals surface area contributed by atoms with Gasteiger partial charge >= 0.3 is 6.18 Å². The van der Waals surface area contributed by atoms with Crippen LogP contribution < -0.4 is 5.73 Å². The van der Waals surface area contributed by atoms with Crippen molar-refractivity contribution in [2.24, 2.45) is 0 Å². The van der Waals surface area contributed by atoms with Gasteiger partial charge in [-0.25, -0.2) is 9.97 Å². The number of nitrogens with two attached hydrogens (primary N) is 1. The second-order valence-corrected chi connectivity index (χ2v) is 7.87. The molecule has 3 rings (SSSR count). The number of aromatic hydroxyl groups is 1. The third-order valence-electron chi connectivity index (χ3n) is 5.66. The molecule has 0 amide bonds. The molecule has 1 heterocycles. The van der Waals surface area contributed by atoms with Crippen molar-refractivity contribution >= 4 is 5.82 Å². The zero-order valence-corrected chi connectivity index (χ0v) is 16.9. The van der Waals surface area contributed by atoms with Crippen LogP contribution in [-0.4, -0.2) is 40.1 Å². The van der Waals surface area contributed by atoms with Crippen LogP contribution in [0.3, 0.4) is 0 Å². The normalized spacial score (nSPS) is 20.0. The molecule has 1 saturated carbocycles. The maximum atomic E-state index is 13.2. The Kier molecular flexibility index (Phi) is 6.17. The van der Waals surface area contributed by atoms with Crippen molar-refractivity contribution in [2.45, 2.75) is 50.2 Å². The molecule has 1 fully saturated rings. The third kappa shape index (κ3) is 4.49. The number of aromatic nitrogens is 2. The molecule has 0 bridgehead atoms. The Bertz CT molecular complexity index is 968. The Morgan fingerprint density at radius 3 is 2.53 bits per heavy atom. The zero-order chi connectivity index (χ0) is 22.1. The fraction of sp³-hybridized carbons (Fsp3) is 0.476. The summed E-state index contributed by atoms with van der Waals surface area (Å²) in [6.07, 6.45) is -0.0104. The standard InChI is InChI=1S/C21H24F3N5O/c1-29(2)14-6-4-3-5-12(9-14)18-16(11-25)19(26)28-20(27-18)15-10-13(21(22,23)24)7-8-17(15)30/h7-8,10,12,14,30H,3-6,9H2,1-2H3,(H2,26,27,28). The van der Waals surface area contributed by atoms with E-state index in [1.165, 1.54) is 0 Å². The van der Waals surface area contributed by atoms with E-state index < -0.39 is 11.7 Å². The maximum Gasteiger partial charge on any atom is 0.416 e. The molecule has 1 aliphatic rings. The fourth-order valence-corrected chi connectivity index (χ4v) is 3.97. The molecule has 160 valence electrons. The smallest absolute Gasteiger partial charge is 0.416 e. The number of benzene rings is 1. The zero-order valence-electron chi connectivity index (χ0n) is 16.9. The Hall–Kier alpha value is -2.86. The minimum atomic E-state index is -4.58. The van der Waals surface area contributed by atoms with E-state index in [9.17, 15) is 23.5 Å². The first-order valence-electron chi connectivity index (χ1n) is 9.76. The summed E-state index contributed by atoms with van der Waals surface area (Å²) in [6, 6.07) is 4.90. The number of hydrogen-bond acceptors (Lipinski definition) is 6. The number of halogens is 3. The lowest BCUT2D eigenvalue weighted by molar-refractivity contribution is -0.137. The van der Waals surface area contributed by atoms with Crippen LogP contribution in [0.15, 0.2) is 18.2 Å². The van der Waals surface area contributed by atoms with E-state index in [4.69, 9.17) is 5.73 Å². The van der Waals surface area contributed by atoms with E-state index >= 15 is 0 Å². The van der Waals surface area contributed by atoms with Gasteiger partial charge in [0.25, 0.3) is 0 Å². The lowest BCUT2D eigenvalue weighted by Gasteiger charge is -2.26.